The molecule has 2 heterocycles. The number of aliphatic hydroxyl groups excluding tert-OH is 1. The number of nitrogens with one attached hydrogen (secondary N) is 1. The number of phenolic OH excluding ortho intramolecular Hbond substituents is 1. The summed E-state index contributed by atoms with van der Waals surface area (Å²) in [4.78, 5) is 28.3. The minimum Gasteiger partial charge on any atom is -0.554 e. The number of rotatable bonds is 5. The SMILES string of the molecule is COc1ccccc1[C-]1CC(O)C2C(C1)NC(C)=C(C(=O)O[C@@H]1CCCN(C(=O)OC(C)(C)C)C1)[C@H]2c1cccc(O)c1.[Os+]. The number of methoxy groups -OCH3 is 1. The predicted molar refractivity (Wildman–Crippen MR) is 161 cm³/mol. The number of carbonyl (C=O) groups is 2. The van der Waals surface area contributed by atoms with E-state index in [0.717, 1.165) is 22.8 Å². The van der Waals surface area contributed by atoms with Crippen molar-refractivity contribution >= 4 is 12.1 Å². The van der Waals surface area contributed by atoms with Gasteiger partial charge in [-0.15, -0.1) is 11.6 Å². The molecule has 0 aromatic heterocycles. The van der Waals surface area contributed by atoms with Crippen LogP contribution < -0.4 is 10.1 Å². The van der Waals surface area contributed by atoms with Gasteiger partial charge in [0.2, 0.25) is 0 Å². The Labute approximate surface area is 273 Å². The number of amides is 1. The molecule has 5 rings (SSSR count). The van der Waals surface area contributed by atoms with E-state index in [-0.39, 0.29) is 44.0 Å². The third-order valence-corrected chi connectivity index (χ3v) is 8.57. The predicted octanol–water partition coefficient (Wildman–Crippen LogP) is 5.06. The van der Waals surface area contributed by atoms with Gasteiger partial charge in [-0.1, -0.05) is 30.7 Å². The monoisotopic (exact) mass is 783 g/mol. The molecule has 0 spiro atoms. The molecule has 1 aliphatic carbocycles. The first-order valence-corrected chi connectivity index (χ1v) is 15.1. The number of ether oxygens (including phenoxy) is 3. The molecule has 2 aromatic rings. The van der Waals surface area contributed by atoms with E-state index in [4.69, 9.17) is 14.2 Å². The number of nitrogens with zero attached hydrogens (tertiary/aromatic N) is 1. The summed E-state index contributed by atoms with van der Waals surface area (Å²) in [7, 11) is 1.64. The molecule has 2 aliphatic heterocycles. The van der Waals surface area contributed by atoms with Crippen molar-refractivity contribution in [1.82, 2.24) is 10.2 Å². The number of piperidine rings is 1. The molecule has 1 amide bonds. The van der Waals surface area contributed by atoms with Crippen LogP contribution in [0.15, 0.2) is 59.8 Å². The number of esters is 1. The number of phenols is 1. The zero-order valence-electron chi connectivity index (χ0n) is 26.0. The van der Waals surface area contributed by atoms with Crippen molar-refractivity contribution in [2.24, 2.45) is 5.92 Å². The smallest absolute Gasteiger partial charge is 0.554 e. The van der Waals surface area contributed by atoms with Crippen molar-refractivity contribution in [1.29, 1.82) is 0 Å². The molecule has 9 nitrogen and oxygen atoms in total. The summed E-state index contributed by atoms with van der Waals surface area (Å²) in [6, 6.07) is 14.5. The van der Waals surface area contributed by atoms with Gasteiger partial charge in [0, 0.05) is 35.9 Å². The van der Waals surface area contributed by atoms with Gasteiger partial charge in [0.25, 0.3) is 0 Å². The van der Waals surface area contributed by atoms with Crippen LogP contribution in [0.5, 0.6) is 11.5 Å². The van der Waals surface area contributed by atoms with Crippen molar-refractivity contribution in [2.45, 2.75) is 83.1 Å². The maximum atomic E-state index is 14.0. The maximum Gasteiger partial charge on any atom is 1.00 e. The minimum atomic E-state index is -0.772. The number of likely N-dealkylation sites (tertiary alicyclic amines) is 1. The first-order chi connectivity index (χ1) is 20.4. The van der Waals surface area contributed by atoms with Crippen LogP contribution in [-0.2, 0) is 34.1 Å². The molecule has 5 atom stereocenters. The van der Waals surface area contributed by atoms with Crippen molar-refractivity contribution < 1.29 is 53.8 Å². The summed E-state index contributed by atoms with van der Waals surface area (Å²) < 4.78 is 17.2. The van der Waals surface area contributed by atoms with Crippen LogP contribution in [0.2, 0.25) is 0 Å². The molecule has 3 aliphatic rings. The first kappa shape index (κ1) is 33.7. The van der Waals surface area contributed by atoms with E-state index in [2.05, 4.69) is 5.32 Å². The van der Waals surface area contributed by atoms with Gasteiger partial charge in [-0.05, 0) is 64.7 Å². The van der Waals surface area contributed by atoms with Crippen LogP contribution >= 0.6 is 0 Å². The molecule has 0 bridgehead atoms. The van der Waals surface area contributed by atoms with E-state index in [0.29, 0.717) is 43.5 Å². The third kappa shape index (κ3) is 7.35. The average molecular weight is 782 g/mol. The summed E-state index contributed by atoms with van der Waals surface area (Å²) in [5.74, 6) is 0.579. The molecule has 2 aromatic carbocycles. The normalized spacial score (nSPS) is 25.3. The second-order valence-corrected chi connectivity index (χ2v) is 12.8. The average Bonchev–Trinajstić information content (AvgIpc) is 2.95. The van der Waals surface area contributed by atoms with Crippen molar-refractivity contribution in [3.05, 3.63) is 76.8 Å². The van der Waals surface area contributed by atoms with E-state index < -0.39 is 35.8 Å². The molecule has 1 saturated heterocycles. The maximum absolute atomic E-state index is 14.0. The summed E-state index contributed by atoms with van der Waals surface area (Å²) in [5.41, 5.74) is 2.19. The largest absolute Gasteiger partial charge is 1.00 e. The Hall–Kier alpha value is -3.21. The van der Waals surface area contributed by atoms with Crippen LogP contribution in [0.1, 0.15) is 70.4 Å². The van der Waals surface area contributed by atoms with Crippen LogP contribution in [0.4, 0.5) is 4.79 Å². The second kappa shape index (κ2) is 13.8. The number of para-hydroxylation sites is 1. The van der Waals surface area contributed by atoms with E-state index in [1.165, 1.54) is 0 Å². The van der Waals surface area contributed by atoms with Crippen LogP contribution in [0.25, 0.3) is 0 Å². The zero-order valence-corrected chi connectivity index (χ0v) is 28.5. The second-order valence-electron chi connectivity index (χ2n) is 12.8. The van der Waals surface area contributed by atoms with Gasteiger partial charge in [-0.2, -0.15) is 12.0 Å². The fraction of sp³-hybridized carbons (Fsp3) is 0.500. The molecular formula is C34H43N2O7Os. The Bertz CT molecular complexity index is 1370. The molecule has 239 valence electrons. The summed E-state index contributed by atoms with van der Waals surface area (Å²) >= 11 is 0. The Morgan fingerprint density at radius 1 is 1.09 bits per heavy atom. The summed E-state index contributed by atoms with van der Waals surface area (Å²) in [5, 5.41) is 25.6. The van der Waals surface area contributed by atoms with Gasteiger partial charge in [0.15, 0.2) is 0 Å². The number of hydrogen-bond acceptors (Lipinski definition) is 8. The number of hydrogen-bond donors (Lipinski definition) is 3. The Morgan fingerprint density at radius 2 is 1.84 bits per heavy atom. The zero-order chi connectivity index (χ0) is 30.9. The summed E-state index contributed by atoms with van der Waals surface area (Å²) in [6.07, 6.45) is 0.723. The molecule has 3 unspecified atom stereocenters. The van der Waals surface area contributed by atoms with Crippen molar-refractivity contribution in [3.8, 4) is 11.5 Å². The minimum absolute atomic E-state index is 0. The van der Waals surface area contributed by atoms with E-state index >= 15 is 0 Å². The number of carbonyl (C=O) groups excluding carboxylic acids is 2. The molecular weight excluding hydrogens is 739 g/mol. The van der Waals surface area contributed by atoms with E-state index in [1.807, 2.05) is 58.0 Å². The Morgan fingerprint density at radius 3 is 2.55 bits per heavy atom. The summed E-state index contributed by atoms with van der Waals surface area (Å²) in [6.45, 7) is 8.12. The van der Waals surface area contributed by atoms with Gasteiger partial charge >= 0.3 is 31.9 Å². The Kier molecular flexibility index (Phi) is 10.6. The molecule has 1 radical (unpaired) electrons. The fourth-order valence-electron chi connectivity index (χ4n) is 6.81. The number of aromatic hydroxyl groups is 1. The number of fused-ring (bicyclic) bond motifs is 1. The topological polar surface area (TPSA) is 118 Å². The van der Waals surface area contributed by atoms with E-state index in [1.54, 1.807) is 30.2 Å². The van der Waals surface area contributed by atoms with Gasteiger partial charge < -0.3 is 34.6 Å². The van der Waals surface area contributed by atoms with Crippen molar-refractivity contribution in [3.63, 3.8) is 0 Å². The molecule has 44 heavy (non-hydrogen) atoms. The first-order valence-electron chi connectivity index (χ1n) is 15.1. The number of benzene rings is 2. The quantitative estimate of drug-likeness (QED) is 0.285. The number of allylic oxidation sites excluding steroid dienone is 1. The van der Waals surface area contributed by atoms with Crippen LogP contribution in [0.3, 0.4) is 0 Å². The van der Waals surface area contributed by atoms with Crippen LogP contribution in [-0.4, -0.2) is 71.2 Å². The molecule has 1 saturated carbocycles. The van der Waals surface area contributed by atoms with Gasteiger partial charge in [-0.3, -0.25) is 0 Å². The molecule has 2 fully saturated rings. The number of aliphatic hydroxyl groups is 1. The van der Waals surface area contributed by atoms with Crippen LogP contribution in [0, 0.1) is 11.8 Å². The van der Waals surface area contributed by atoms with Gasteiger partial charge in [-0.25, -0.2) is 9.59 Å². The standard InChI is InChI=1S/C34H43N2O7.Os/c1-20-29(32(39)42-24-12-9-15-36(19-24)33(40)43-34(2,3)4)30(21-10-8-11-23(37)16-21)31-26(35-20)17-22(18-27(31)38)25-13-6-7-14-28(25)41-5;/h6-8,10-11,13-14,16,24,26-27,30-31,35,37-38H,9,12,15,17-19H2,1-5H3;/q-1;+1/t24-,26?,27?,30-,31?;/m1./s1. The molecule has 3 N–H and O–H groups in total. The Balaban J connectivity index is 0.00000442. The van der Waals surface area contributed by atoms with Gasteiger partial charge in [0.1, 0.15) is 17.5 Å². The van der Waals surface area contributed by atoms with Crippen molar-refractivity contribution in [2.75, 3.05) is 20.2 Å². The van der Waals surface area contributed by atoms with E-state index in [9.17, 15) is 19.8 Å². The fourth-order valence-corrected chi connectivity index (χ4v) is 6.81. The molecule has 10 heteroatoms. The van der Waals surface area contributed by atoms with Gasteiger partial charge in [0.05, 0.1) is 25.3 Å². The third-order valence-electron chi connectivity index (χ3n) is 8.57.